The highest BCUT2D eigenvalue weighted by Gasteiger charge is 2.47. The Hall–Kier alpha value is -3.86. The van der Waals surface area contributed by atoms with Gasteiger partial charge >= 0.3 is 0 Å². The first-order valence-electron chi connectivity index (χ1n) is 13.1. The predicted molar refractivity (Wildman–Crippen MR) is 153 cm³/mol. The number of rotatable bonds is 5. The van der Waals surface area contributed by atoms with E-state index in [1.807, 2.05) is 55.5 Å². The lowest BCUT2D eigenvalue weighted by atomic mass is 9.85. The van der Waals surface area contributed by atoms with Crippen molar-refractivity contribution in [3.05, 3.63) is 101 Å². The van der Waals surface area contributed by atoms with E-state index in [0.29, 0.717) is 23.6 Å². The van der Waals surface area contributed by atoms with Crippen molar-refractivity contribution in [3.8, 4) is 5.75 Å². The van der Waals surface area contributed by atoms with Crippen molar-refractivity contribution >= 4 is 23.1 Å². The number of hydrogen-bond acceptors (Lipinski definition) is 4. The van der Waals surface area contributed by atoms with Gasteiger partial charge in [0, 0.05) is 11.3 Å². The van der Waals surface area contributed by atoms with Crippen LogP contribution in [0.25, 0.3) is 5.76 Å². The van der Waals surface area contributed by atoms with Gasteiger partial charge in [0.15, 0.2) is 0 Å². The third-order valence-electron chi connectivity index (χ3n) is 6.97. The first-order chi connectivity index (χ1) is 17.8. The highest BCUT2D eigenvalue weighted by Crippen LogP contribution is 2.43. The molecule has 3 aromatic carbocycles. The minimum absolute atomic E-state index is 0.0527. The van der Waals surface area contributed by atoms with Gasteiger partial charge in [-0.25, -0.2) is 0 Å². The van der Waals surface area contributed by atoms with Crippen LogP contribution in [0.3, 0.4) is 0 Å². The summed E-state index contributed by atoms with van der Waals surface area (Å²) in [5.41, 5.74) is 3.99. The first-order valence-corrected chi connectivity index (χ1v) is 13.1. The van der Waals surface area contributed by atoms with Crippen molar-refractivity contribution < 1.29 is 19.4 Å². The van der Waals surface area contributed by atoms with Gasteiger partial charge in [-0.05, 0) is 58.7 Å². The summed E-state index contributed by atoms with van der Waals surface area (Å²) in [5, 5.41) is 11.5. The van der Waals surface area contributed by atoms with Gasteiger partial charge in [-0.15, -0.1) is 0 Å². The summed E-state index contributed by atoms with van der Waals surface area (Å²) >= 11 is 0. The fraction of sp³-hybridized carbons (Fsp3) is 0.333. The van der Waals surface area contributed by atoms with E-state index in [9.17, 15) is 14.7 Å². The van der Waals surface area contributed by atoms with Crippen LogP contribution in [-0.4, -0.2) is 23.4 Å². The second-order valence-corrected chi connectivity index (χ2v) is 11.8. The lowest BCUT2D eigenvalue weighted by molar-refractivity contribution is -0.132. The molecule has 4 rings (SSSR count). The summed E-state index contributed by atoms with van der Waals surface area (Å²) in [7, 11) is 0. The van der Waals surface area contributed by atoms with E-state index < -0.39 is 17.7 Å². The van der Waals surface area contributed by atoms with Crippen LogP contribution in [0, 0.1) is 0 Å². The highest BCUT2D eigenvalue weighted by atomic mass is 16.5. The summed E-state index contributed by atoms with van der Waals surface area (Å²) in [6.07, 6.45) is 0. The van der Waals surface area contributed by atoms with E-state index in [1.54, 1.807) is 24.3 Å². The van der Waals surface area contributed by atoms with Gasteiger partial charge < -0.3 is 9.84 Å². The summed E-state index contributed by atoms with van der Waals surface area (Å²) < 4.78 is 5.60. The van der Waals surface area contributed by atoms with Crippen LogP contribution < -0.4 is 9.64 Å². The summed E-state index contributed by atoms with van der Waals surface area (Å²) in [6, 6.07) is 21.8. The molecule has 1 N–H and O–H groups in total. The quantitative estimate of drug-likeness (QED) is 0.222. The van der Waals surface area contributed by atoms with Crippen molar-refractivity contribution in [1.82, 2.24) is 0 Å². The average molecular weight is 512 g/mol. The van der Waals surface area contributed by atoms with Crippen LogP contribution >= 0.6 is 0 Å². The van der Waals surface area contributed by atoms with Crippen LogP contribution in [0.4, 0.5) is 5.69 Å². The minimum atomic E-state index is -0.778. The number of Topliss-reactive ketones (excluding diaryl/α,β-unsaturated/α-hetero) is 1. The summed E-state index contributed by atoms with van der Waals surface area (Å²) in [4.78, 5) is 28.5. The summed E-state index contributed by atoms with van der Waals surface area (Å²) in [6.45, 7) is 15.1. The van der Waals surface area contributed by atoms with Crippen LogP contribution in [0.15, 0.2) is 78.4 Å². The van der Waals surface area contributed by atoms with E-state index in [4.69, 9.17) is 4.74 Å². The van der Waals surface area contributed by atoms with Crippen molar-refractivity contribution in [2.45, 2.75) is 65.3 Å². The molecule has 0 aromatic heterocycles. The normalized spacial score (nSPS) is 17.7. The zero-order valence-electron chi connectivity index (χ0n) is 23.3. The number of anilines is 1. The first kappa shape index (κ1) is 27.2. The van der Waals surface area contributed by atoms with Crippen LogP contribution in [0.1, 0.15) is 76.8 Å². The number of carbonyl (C=O) groups excluding carboxylic acids is 2. The molecule has 0 spiro atoms. The molecule has 1 unspecified atom stereocenters. The molecule has 1 amide bonds. The van der Waals surface area contributed by atoms with Gasteiger partial charge in [-0.3, -0.25) is 14.5 Å². The van der Waals surface area contributed by atoms with Crippen LogP contribution in [-0.2, 0) is 20.4 Å². The molecule has 0 saturated carbocycles. The molecule has 0 radical (unpaired) electrons. The minimum Gasteiger partial charge on any atom is -0.507 e. The zero-order chi connectivity index (χ0) is 27.8. The Bertz CT molecular complexity index is 1370. The number of nitrogens with zero attached hydrogens (tertiary/aromatic N) is 1. The topological polar surface area (TPSA) is 66.8 Å². The molecule has 1 saturated heterocycles. The fourth-order valence-corrected chi connectivity index (χ4v) is 4.76. The van der Waals surface area contributed by atoms with E-state index in [2.05, 4.69) is 41.5 Å². The standard InChI is InChI=1S/C33H37NO4/c1-8-38-26-11-9-10-22(20-26)29(35)27-28(21-12-14-23(15-13-21)32(2,3)4)34(31(37)30(27)36)25-18-16-24(17-19-25)33(5,6)7/h9-20,28,35H,8H2,1-7H3/b29-27-. The number of ketones is 1. The van der Waals surface area contributed by atoms with E-state index in [1.165, 1.54) is 4.90 Å². The van der Waals surface area contributed by atoms with Crippen molar-refractivity contribution in [1.29, 1.82) is 0 Å². The number of benzene rings is 3. The lowest BCUT2D eigenvalue weighted by Gasteiger charge is -2.27. The molecule has 5 nitrogen and oxygen atoms in total. The van der Waals surface area contributed by atoms with Crippen molar-refractivity contribution in [3.63, 3.8) is 0 Å². The van der Waals surface area contributed by atoms with Crippen molar-refractivity contribution in [2.24, 2.45) is 0 Å². The van der Waals surface area contributed by atoms with Gasteiger partial charge in [0.05, 0.1) is 18.2 Å². The number of ether oxygens (including phenoxy) is 1. The van der Waals surface area contributed by atoms with E-state index in [0.717, 1.165) is 16.7 Å². The predicted octanol–water partition coefficient (Wildman–Crippen LogP) is 7.31. The van der Waals surface area contributed by atoms with Gasteiger partial charge in [-0.1, -0.05) is 90.1 Å². The number of hydrogen-bond donors (Lipinski definition) is 1. The Kier molecular flexibility index (Phi) is 7.24. The molecule has 1 aliphatic rings. The Labute approximate surface area is 225 Å². The van der Waals surface area contributed by atoms with Gasteiger partial charge in [0.25, 0.3) is 11.7 Å². The van der Waals surface area contributed by atoms with Crippen LogP contribution in [0.2, 0.25) is 0 Å². The smallest absolute Gasteiger partial charge is 0.300 e. The molecule has 1 fully saturated rings. The Morgan fingerprint density at radius 3 is 1.92 bits per heavy atom. The Morgan fingerprint density at radius 1 is 0.842 bits per heavy atom. The molecule has 5 heteroatoms. The maximum absolute atomic E-state index is 13.5. The molecule has 3 aromatic rings. The zero-order valence-corrected chi connectivity index (χ0v) is 23.3. The third kappa shape index (κ3) is 5.24. The van der Waals surface area contributed by atoms with Crippen molar-refractivity contribution in [2.75, 3.05) is 11.5 Å². The molecule has 198 valence electrons. The molecule has 38 heavy (non-hydrogen) atoms. The molecular weight excluding hydrogens is 474 g/mol. The maximum atomic E-state index is 13.5. The number of aliphatic hydroxyl groups is 1. The molecule has 0 aliphatic carbocycles. The monoisotopic (exact) mass is 511 g/mol. The average Bonchev–Trinajstić information content (AvgIpc) is 3.13. The molecule has 0 bridgehead atoms. The molecule has 1 atom stereocenters. The third-order valence-corrected chi connectivity index (χ3v) is 6.97. The second-order valence-electron chi connectivity index (χ2n) is 11.8. The van der Waals surface area contributed by atoms with E-state index in [-0.39, 0.29) is 22.2 Å². The highest BCUT2D eigenvalue weighted by molar-refractivity contribution is 6.51. The molecular formula is C33H37NO4. The lowest BCUT2D eigenvalue weighted by Crippen LogP contribution is -2.29. The molecule has 1 heterocycles. The summed E-state index contributed by atoms with van der Waals surface area (Å²) in [5.74, 6) is -1.02. The Balaban J connectivity index is 1.90. The van der Waals surface area contributed by atoms with Crippen LogP contribution in [0.5, 0.6) is 5.75 Å². The number of amides is 1. The van der Waals surface area contributed by atoms with Gasteiger partial charge in [-0.2, -0.15) is 0 Å². The van der Waals surface area contributed by atoms with Gasteiger partial charge in [0.2, 0.25) is 0 Å². The van der Waals surface area contributed by atoms with E-state index >= 15 is 0 Å². The second kappa shape index (κ2) is 10.1. The maximum Gasteiger partial charge on any atom is 0.300 e. The van der Waals surface area contributed by atoms with Gasteiger partial charge in [0.1, 0.15) is 11.5 Å². The molecule has 1 aliphatic heterocycles. The number of carbonyl (C=O) groups is 2. The Morgan fingerprint density at radius 2 is 1.39 bits per heavy atom. The SMILES string of the molecule is CCOc1cccc(/C(O)=C2/C(=O)C(=O)N(c3ccc(C(C)(C)C)cc3)C2c2ccc(C(C)(C)C)cc2)c1. The fourth-order valence-electron chi connectivity index (χ4n) is 4.76. The largest absolute Gasteiger partial charge is 0.507 e. The number of aliphatic hydroxyl groups excluding tert-OH is 1.